The van der Waals surface area contributed by atoms with Gasteiger partial charge in [-0.2, -0.15) is 0 Å². The van der Waals surface area contributed by atoms with Crippen LogP contribution < -0.4 is 10.5 Å². The normalized spacial score (nSPS) is 10.6. The molecule has 0 aliphatic heterocycles. The van der Waals surface area contributed by atoms with Crippen LogP contribution in [-0.4, -0.2) is 13.2 Å². The van der Waals surface area contributed by atoms with Crippen LogP contribution in [0.25, 0.3) is 0 Å². The van der Waals surface area contributed by atoms with Gasteiger partial charge in [0.1, 0.15) is 5.75 Å². The van der Waals surface area contributed by atoms with Gasteiger partial charge in [-0.05, 0) is 43.1 Å². The van der Waals surface area contributed by atoms with Gasteiger partial charge >= 0.3 is 0 Å². The molecule has 0 fully saturated rings. The van der Waals surface area contributed by atoms with Gasteiger partial charge in [-0.25, -0.2) is 0 Å². The predicted molar refractivity (Wildman–Crippen MR) is 78.5 cm³/mol. The van der Waals surface area contributed by atoms with Crippen molar-refractivity contribution in [3.05, 3.63) is 28.8 Å². The first-order chi connectivity index (χ1) is 8.77. The second-order valence-corrected chi connectivity index (χ2v) is 4.99. The summed E-state index contributed by atoms with van der Waals surface area (Å²) in [7, 11) is 0. The largest absolute Gasteiger partial charge is 0.493 e. The molecule has 0 aliphatic carbocycles. The SMILES string of the molecule is CCCCCCCOc1ccc(Cl)cc1CCN. The Balaban J connectivity index is 2.36. The maximum absolute atomic E-state index is 5.97. The molecule has 0 amide bonds. The number of ether oxygens (including phenoxy) is 1. The second kappa shape index (κ2) is 9.23. The molecule has 1 aromatic carbocycles. The average Bonchev–Trinajstić information content (AvgIpc) is 2.36. The molecule has 102 valence electrons. The van der Waals surface area contributed by atoms with Crippen molar-refractivity contribution in [1.82, 2.24) is 0 Å². The van der Waals surface area contributed by atoms with E-state index in [1.165, 1.54) is 25.7 Å². The topological polar surface area (TPSA) is 35.2 Å². The molecule has 2 N–H and O–H groups in total. The van der Waals surface area contributed by atoms with Gasteiger partial charge < -0.3 is 10.5 Å². The summed E-state index contributed by atoms with van der Waals surface area (Å²) in [5.41, 5.74) is 6.70. The Hall–Kier alpha value is -0.730. The molecule has 2 nitrogen and oxygen atoms in total. The number of hydrogen-bond donors (Lipinski definition) is 1. The molecular formula is C15H24ClNO. The first-order valence-electron chi connectivity index (χ1n) is 6.89. The Kier molecular flexibility index (Phi) is 7.86. The number of rotatable bonds is 9. The van der Waals surface area contributed by atoms with Crippen molar-refractivity contribution in [1.29, 1.82) is 0 Å². The van der Waals surface area contributed by atoms with Crippen molar-refractivity contribution >= 4 is 11.6 Å². The fraction of sp³-hybridized carbons (Fsp3) is 0.600. The van der Waals surface area contributed by atoms with Crippen LogP contribution in [0.4, 0.5) is 0 Å². The zero-order chi connectivity index (χ0) is 13.2. The molecule has 0 saturated heterocycles. The molecule has 0 aromatic heterocycles. The molecule has 0 aliphatic rings. The minimum atomic E-state index is 0.618. The molecule has 0 spiro atoms. The van der Waals surface area contributed by atoms with Crippen LogP contribution >= 0.6 is 11.6 Å². The van der Waals surface area contributed by atoms with Crippen molar-refractivity contribution in [2.24, 2.45) is 5.73 Å². The van der Waals surface area contributed by atoms with Crippen LogP contribution in [0.5, 0.6) is 5.75 Å². The minimum Gasteiger partial charge on any atom is -0.493 e. The van der Waals surface area contributed by atoms with E-state index in [1.807, 2.05) is 18.2 Å². The van der Waals surface area contributed by atoms with Gasteiger partial charge in [0.25, 0.3) is 0 Å². The summed E-state index contributed by atoms with van der Waals surface area (Å²) < 4.78 is 5.81. The lowest BCUT2D eigenvalue weighted by atomic mass is 10.1. The standard InChI is InChI=1S/C15H24ClNO/c1-2-3-4-5-6-11-18-15-8-7-14(16)12-13(15)9-10-17/h7-8,12H,2-6,9-11,17H2,1H3. The maximum atomic E-state index is 5.97. The highest BCUT2D eigenvalue weighted by Gasteiger charge is 2.04. The summed E-state index contributed by atoms with van der Waals surface area (Å²) >= 11 is 5.97. The van der Waals surface area contributed by atoms with Crippen molar-refractivity contribution in [2.45, 2.75) is 45.4 Å². The third-order valence-electron chi connectivity index (χ3n) is 2.94. The highest BCUT2D eigenvalue weighted by molar-refractivity contribution is 6.30. The van der Waals surface area contributed by atoms with Crippen LogP contribution in [0.1, 0.15) is 44.6 Å². The highest BCUT2D eigenvalue weighted by atomic mass is 35.5. The summed E-state index contributed by atoms with van der Waals surface area (Å²) in [6, 6.07) is 5.76. The van der Waals surface area contributed by atoms with Crippen molar-refractivity contribution in [3.63, 3.8) is 0 Å². The van der Waals surface area contributed by atoms with E-state index in [4.69, 9.17) is 22.1 Å². The van der Waals surface area contributed by atoms with Gasteiger partial charge in [-0.15, -0.1) is 0 Å². The van der Waals surface area contributed by atoms with Crippen LogP contribution in [0.15, 0.2) is 18.2 Å². The molecule has 3 heteroatoms. The molecule has 0 saturated carbocycles. The molecule has 0 radical (unpaired) electrons. The Morgan fingerprint density at radius 2 is 1.94 bits per heavy atom. The van der Waals surface area contributed by atoms with Crippen LogP contribution in [0.3, 0.4) is 0 Å². The van der Waals surface area contributed by atoms with E-state index in [0.29, 0.717) is 6.54 Å². The number of hydrogen-bond acceptors (Lipinski definition) is 2. The second-order valence-electron chi connectivity index (χ2n) is 4.55. The lowest BCUT2D eigenvalue weighted by molar-refractivity contribution is 0.301. The molecule has 1 aromatic rings. The molecule has 0 heterocycles. The summed E-state index contributed by atoms with van der Waals surface area (Å²) in [4.78, 5) is 0. The lowest BCUT2D eigenvalue weighted by Crippen LogP contribution is -2.06. The van der Waals surface area contributed by atoms with E-state index in [2.05, 4.69) is 6.92 Å². The highest BCUT2D eigenvalue weighted by Crippen LogP contribution is 2.23. The van der Waals surface area contributed by atoms with E-state index in [0.717, 1.165) is 35.8 Å². The summed E-state index contributed by atoms with van der Waals surface area (Å²) in [5, 5.41) is 0.744. The fourth-order valence-corrected chi connectivity index (χ4v) is 2.12. The van der Waals surface area contributed by atoms with Gasteiger partial charge in [0.05, 0.1) is 6.61 Å². The van der Waals surface area contributed by atoms with Crippen molar-refractivity contribution in [3.8, 4) is 5.75 Å². The molecule has 0 atom stereocenters. The molecule has 0 unspecified atom stereocenters. The van der Waals surface area contributed by atoms with E-state index >= 15 is 0 Å². The van der Waals surface area contributed by atoms with Crippen molar-refractivity contribution in [2.75, 3.05) is 13.2 Å². The molecule has 18 heavy (non-hydrogen) atoms. The zero-order valence-electron chi connectivity index (χ0n) is 11.3. The van der Waals surface area contributed by atoms with E-state index in [-0.39, 0.29) is 0 Å². The van der Waals surface area contributed by atoms with Gasteiger partial charge in [0.15, 0.2) is 0 Å². The van der Waals surface area contributed by atoms with Gasteiger partial charge in [-0.1, -0.05) is 44.2 Å². The van der Waals surface area contributed by atoms with Crippen LogP contribution in [-0.2, 0) is 6.42 Å². The van der Waals surface area contributed by atoms with E-state index < -0.39 is 0 Å². The predicted octanol–water partition coefficient (Wildman–Crippen LogP) is 4.19. The fourth-order valence-electron chi connectivity index (χ4n) is 1.93. The Labute approximate surface area is 115 Å². The Morgan fingerprint density at radius 1 is 1.17 bits per heavy atom. The molecule has 1 rings (SSSR count). The number of unbranched alkanes of at least 4 members (excludes halogenated alkanes) is 4. The zero-order valence-corrected chi connectivity index (χ0v) is 12.0. The molecule has 0 bridgehead atoms. The average molecular weight is 270 g/mol. The van der Waals surface area contributed by atoms with Gasteiger partial charge in [-0.3, -0.25) is 0 Å². The van der Waals surface area contributed by atoms with E-state index in [9.17, 15) is 0 Å². The van der Waals surface area contributed by atoms with Gasteiger partial charge in [0.2, 0.25) is 0 Å². The maximum Gasteiger partial charge on any atom is 0.122 e. The Morgan fingerprint density at radius 3 is 2.67 bits per heavy atom. The number of benzene rings is 1. The third kappa shape index (κ3) is 5.74. The summed E-state index contributed by atoms with van der Waals surface area (Å²) in [6.45, 7) is 3.62. The molecular weight excluding hydrogens is 246 g/mol. The van der Waals surface area contributed by atoms with Crippen molar-refractivity contribution < 1.29 is 4.74 Å². The third-order valence-corrected chi connectivity index (χ3v) is 3.18. The monoisotopic (exact) mass is 269 g/mol. The van der Waals surface area contributed by atoms with E-state index in [1.54, 1.807) is 0 Å². The van der Waals surface area contributed by atoms with Crippen LogP contribution in [0.2, 0.25) is 5.02 Å². The Bertz CT molecular complexity index is 341. The summed E-state index contributed by atoms with van der Waals surface area (Å²) in [5.74, 6) is 0.931. The number of halogens is 1. The van der Waals surface area contributed by atoms with Crippen LogP contribution in [0, 0.1) is 0 Å². The van der Waals surface area contributed by atoms with Gasteiger partial charge in [0, 0.05) is 5.02 Å². The summed E-state index contributed by atoms with van der Waals surface area (Å²) in [6.07, 6.45) is 7.07. The smallest absolute Gasteiger partial charge is 0.122 e. The first kappa shape index (κ1) is 15.3. The first-order valence-corrected chi connectivity index (χ1v) is 7.27. The quantitative estimate of drug-likeness (QED) is 0.682. The minimum absolute atomic E-state index is 0.618. The lowest BCUT2D eigenvalue weighted by Gasteiger charge is -2.11. The number of nitrogens with two attached hydrogens (primary N) is 1.